The minimum Gasteiger partial charge on any atom is -0.455 e. The number of rotatable bonds is 2. The highest BCUT2D eigenvalue weighted by molar-refractivity contribution is 5.76. The molecule has 7 heteroatoms. The molecule has 0 saturated carbocycles. The standard InChI is InChI=1S/C7H12O7/c8-1-2(9)6-4(11)3(10)5(12)7(13)14-6/h2-6,8-12H,1H2. The van der Waals surface area contributed by atoms with Crippen LogP contribution in [0.5, 0.6) is 0 Å². The molecule has 1 aliphatic rings. The van der Waals surface area contributed by atoms with Crippen LogP contribution in [0.4, 0.5) is 0 Å². The topological polar surface area (TPSA) is 127 Å². The molecule has 5 atom stereocenters. The van der Waals surface area contributed by atoms with Gasteiger partial charge in [0.2, 0.25) is 0 Å². The lowest BCUT2D eigenvalue weighted by molar-refractivity contribution is -0.217. The summed E-state index contributed by atoms with van der Waals surface area (Å²) >= 11 is 0. The van der Waals surface area contributed by atoms with E-state index < -0.39 is 43.1 Å². The Morgan fingerprint density at radius 2 is 1.86 bits per heavy atom. The smallest absolute Gasteiger partial charge is 0.338 e. The number of carbonyl (C=O) groups excluding carboxylic acids is 1. The minimum absolute atomic E-state index is 0.724. The van der Waals surface area contributed by atoms with Crippen molar-refractivity contribution in [2.45, 2.75) is 30.5 Å². The summed E-state index contributed by atoms with van der Waals surface area (Å²) in [6.45, 7) is -0.724. The summed E-state index contributed by atoms with van der Waals surface area (Å²) < 4.78 is 4.43. The van der Waals surface area contributed by atoms with E-state index in [1.54, 1.807) is 0 Å². The molecule has 0 aliphatic carbocycles. The molecule has 0 aromatic carbocycles. The molecule has 5 N–H and O–H groups in total. The van der Waals surface area contributed by atoms with Crippen LogP contribution in [0.3, 0.4) is 0 Å². The maximum absolute atomic E-state index is 10.8. The van der Waals surface area contributed by atoms with E-state index in [1.165, 1.54) is 0 Å². The lowest BCUT2D eigenvalue weighted by atomic mass is 9.96. The highest BCUT2D eigenvalue weighted by Crippen LogP contribution is 2.19. The van der Waals surface area contributed by atoms with E-state index in [-0.39, 0.29) is 0 Å². The van der Waals surface area contributed by atoms with E-state index in [0.717, 1.165) is 0 Å². The Morgan fingerprint density at radius 3 is 2.36 bits per heavy atom. The third-order valence-electron chi connectivity index (χ3n) is 2.07. The fourth-order valence-corrected chi connectivity index (χ4v) is 1.20. The third-order valence-corrected chi connectivity index (χ3v) is 2.07. The molecular formula is C7H12O7. The Morgan fingerprint density at radius 1 is 1.29 bits per heavy atom. The van der Waals surface area contributed by atoms with Gasteiger partial charge in [-0.1, -0.05) is 0 Å². The van der Waals surface area contributed by atoms with Crippen LogP contribution in [0, 0.1) is 0 Å². The van der Waals surface area contributed by atoms with Gasteiger partial charge in [-0.15, -0.1) is 0 Å². The average molecular weight is 208 g/mol. The summed E-state index contributed by atoms with van der Waals surface area (Å²) in [7, 11) is 0. The zero-order valence-electron chi connectivity index (χ0n) is 7.15. The lowest BCUT2D eigenvalue weighted by Crippen LogP contribution is -2.59. The van der Waals surface area contributed by atoms with Gasteiger partial charge in [-0.3, -0.25) is 0 Å². The molecule has 1 saturated heterocycles. The van der Waals surface area contributed by atoms with Crippen LogP contribution in [0.15, 0.2) is 0 Å². The molecule has 0 radical (unpaired) electrons. The summed E-state index contributed by atoms with van der Waals surface area (Å²) in [6, 6.07) is 0. The van der Waals surface area contributed by atoms with Crippen molar-refractivity contribution in [1.29, 1.82) is 0 Å². The van der Waals surface area contributed by atoms with Crippen molar-refractivity contribution in [1.82, 2.24) is 0 Å². The maximum atomic E-state index is 10.8. The van der Waals surface area contributed by atoms with Crippen molar-refractivity contribution in [3.63, 3.8) is 0 Å². The first-order chi connectivity index (χ1) is 6.49. The van der Waals surface area contributed by atoms with E-state index in [9.17, 15) is 9.90 Å². The summed E-state index contributed by atoms with van der Waals surface area (Å²) in [5.41, 5.74) is 0. The first-order valence-corrected chi connectivity index (χ1v) is 4.02. The van der Waals surface area contributed by atoms with Crippen LogP contribution in [0.1, 0.15) is 0 Å². The first-order valence-electron chi connectivity index (χ1n) is 4.02. The Hall–Kier alpha value is -0.730. The van der Waals surface area contributed by atoms with Crippen molar-refractivity contribution >= 4 is 5.97 Å². The van der Waals surface area contributed by atoms with E-state index >= 15 is 0 Å². The molecule has 0 amide bonds. The van der Waals surface area contributed by atoms with E-state index in [4.69, 9.17) is 20.4 Å². The summed E-state index contributed by atoms with van der Waals surface area (Å²) in [5.74, 6) is -1.14. The van der Waals surface area contributed by atoms with Crippen molar-refractivity contribution in [2.75, 3.05) is 6.61 Å². The average Bonchev–Trinajstić information content (AvgIpc) is 2.19. The molecule has 5 unspecified atom stereocenters. The molecule has 1 heterocycles. The fourth-order valence-electron chi connectivity index (χ4n) is 1.20. The summed E-state index contributed by atoms with van der Waals surface area (Å²) in [5, 5.41) is 45.0. The molecule has 7 nitrogen and oxygen atoms in total. The molecule has 1 aliphatic heterocycles. The van der Waals surface area contributed by atoms with E-state index in [0.29, 0.717) is 0 Å². The van der Waals surface area contributed by atoms with Gasteiger partial charge in [0, 0.05) is 0 Å². The summed E-state index contributed by atoms with van der Waals surface area (Å²) in [6.07, 6.45) is -8.08. The van der Waals surface area contributed by atoms with Crippen molar-refractivity contribution in [3.05, 3.63) is 0 Å². The Kier molecular flexibility index (Phi) is 3.40. The quantitative estimate of drug-likeness (QED) is 0.296. The van der Waals surface area contributed by atoms with Gasteiger partial charge in [0.05, 0.1) is 6.61 Å². The minimum atomic E-state index is -1.83. The molecule has 0 aromatic heterocycles. The second-order valence-corrected chi connectivity index (χ2v) is 3.08. The van der Waals surface area contributed by atoms with Crippen molar-refractivity contribution in [2.24, 2.45) is 0 Å². The molecular weight excluding hydrogens is 196 g/mol. The fraction of sp³-hybridized carbons (Fsp3) is 0.857. The van der Waals surface area contributed by atoms with Crippen LogP contribution in [-0.4, -0.2) is 68.6 Å². The zero-order chi connectivity index (χ0) is 10.9. The van der Waals surface area contributed by atoms with Crippen LogP contribution in [0.25, 0.3) is 0 Å². The van der Waals surface area contributed by atoms with E-state index in [1.807, 2.05) is 0 Å². The highest BCUT2D eigenvalue weighted by atomic mass is 16.6. The van der Waals surface area contributed by atoms with Gasteiger partial charge < -0.3 is 30.3 Å². The van der Waals surface area contributed by atoms with Gasteiger partial charge in [-0.25, -0.2) is 4.79 Å². The molecule has 0 spiro atoms. The Balaban J connectivity index is 2.75. The van der Waals surface area contributed by atoms with Crippen LogP contribution < -0.4 is 0 Å². The SMILES string of the molecule is O=C1OC(C(O)CO)C(O)C(O)C1O. The maximum Gasteiger partial charge on any atom is 0.338 e. The van der Waals surface area contributed by atoms with E-state index in [2.05, 4.69) is 4.74 Å². The first kappa shape index (κ1) is 11.3. The van der Waals surface area contributed by atoms with Gasteiger partial charge in [0.15, 0.2) is 12.2 Å². The van der Waals surface area contributed by atoms with Gasteiger partial charge in [-0.2, -0.15) is 0 Å². The number of aliphatic hydroxyl groups is 5. The number of carbonyl (C=O) groups is 1. The number of esters is 1. The molecule has 0 aromatic rings. The second-order valence-electron chi connectivity index (χ2n) is 3.08. The monoisotopic (exact) mass is 208 g/mol. The second kappa shape index (κ2) is 4.20. The van der Waals surface area contributed by atoms with Gasteiger partial charge in [0.1, 0.15) is 18.3 Å². The van der Waals surface area contributed by atoms with Crippen LogP contribution in [0.2, 0.25) is 0 Å². The molecule has 14 heavy (non-hydrogen) atoms. The number of ether oxygens (including phenoxy) is 1. The third kappa shape index (κ3) is 1.86. The normalized spacial score (nSPS) is 40.5. The highest BCUT2D eigenvalue weighted by Gasteiger charge is 2.46. The summed E-state index contributed by atoms with van der Waals surface area (Å²) in [4.78, 5) is 10.8. The van der Waals surface area contributed by atoms with Gasteiger partial charge in [-0.05, 0) is 0 Å². The number of aliphatic hydroxyl groups excluding tert-OH is 5. The van der Waals surface area contributed by atoms with Gasteiger partial charge in [0.25, 0.3) is 0 Å². The number of hydrogen-bond donors (Lipinski definition) is 5. The Labute approximate surface area is 79.2 Å². The Bertz CT molecular complexity index is 218. The van der Waals surface area contributed by atoms with Crippen molar-refractivity contribution in [3.8, 4) is 0 Å². The number of hydrogen-bond acceptors (Lipinski definition) is 7. The predicted octanol–water partition coefficient (Wildman–Crippen LogP) is -3.65. The van der Waals surface area contributed by atoms with Crippen LogP contribution in [-0.2, 0) is 9.53 Å². The van der Waals surface area contributed by atoms with Crippen LogP contribution >= 0.6 is 0 Å². The largest absolute Gasteiger partial charge is 0.455 e. The van der Waals surface area contributed by atoms with Crippen molar-refractivity contribution < 1.29 is 35.1 Å². The lowest BCUT2D eigenvalue weighted by Gasteiger charge is -2.35. The molecule has 1 rings (SSSR count). The number of cyclic esters (lactones) is 1. The molecule has 1 fully saturated rings. The molecule has 0 bridgehead atoms. The zero-order valence-corrected chi connectivity index (χ0v) is 7.15. The molecule has 82 valence electrons. The predicted molar refractivity (Wildman–Crippen MR) is 41.0 cm³/mol. The van der Waals surface area contributed by atoms with Gasteiger partial charge >= 0.3 is 5.97 Å².